The van der Waals surface area contributed by atoms with Gasteiger partial charge in [0.15, 0.2) is 0 Å². The molecule has 0 spiro atoms. The van der Waals surface area contributed by atoms with E-state index in [1.807, 2.05) is 13.8 Å². The maximum atomic E-state index is 13.4. The fraction of sp³-hybridized carbons (Fsp3) is 0.409. The molecule has 1 N–H and O–H groups in total. The number of ether oxygens (including phenoxy) is 1. The highest BCUT2D eigenvalue weighted by Crippen LogP contribution is 2.28. The van der Waals surface area contributed by atoms with Gasteiger partial charge in [-0.05, 0) is 63.5 Å². The fourth-order valence-electron chi connectivity index (χ4n) is 3.88. The third-order valence-electron chi connectivity index (χ3n) is 5.67. The number of hydrogen-bond acceptors (Lipinski definition) is 6. The van der Waals surface area contributed by atoms with E-state index in [1.165, 1.54) is 23.0 Å². The van der Waals surface area contributed by atoms with E-state index in [9.17, 15) is 9.59 Å². The predicted molar refractivity (Wildman–Crippen MR) is 124 cm³/mol. The van der Waals surface area contributed by atoms with Gasteiger partial charge >= 0.3 is 0 Å². The van der Waals surface area contributed by atoms with E-state index in [0.717, 1.165) is 41.2 Å². The number of anilines is 1. The van der Waals surface area contributed by atoms with Crippen molar-refractivity contribution in [2.45, 2.75) is 39.8 Å². The van der Waals surface area contributed by atoms with Gasteiger partial charge in [0.05, 0.1) is 24.1 Å². The van der Waals surface area contributed by atoms with Gasteiger partial charge in [-0.25, -0.2) is 4.98 Å². The van der Waals surface area contributed by atoms with E-state index in [0.29, 0.717) is 34.2 Å². The summed E-state index contributed by atoms with van der Waals surface area (Å²) in [5.74, 6) is 0.849. The monoisotopic (exact) mass is 460 g/mol. The molecular formula is C22H25ClN4O3S. The van der Waals surface area contributed by atoms with Crippen LogP contribution >= 0.6 is 22.9 Å². The number of likely N-dealkylation sites (tertiary alicyclic amines) is 1. The Morgan fingerprint density at radius 1 is 1.29 bits per heavy atom. The second-order valence-corrected chi connectivity index (χ2v) is 9.37. The lowest BCUT2D eigenvalue weighted by molar-refractivity contribution is -0.116. The summed E-state index contributed by atoms with van der Waals surface area (Å²) in [4.78, 5) is 35.1. The zero-order chi connectivity index (χ0) is 22.1. The van der Waals surface area contributed by atoms with Crippen LogP contribution in [0.15, 0.2) is 23.0 Å². The maximum absolute atomic E-state index is 13.4. The van der Waals surface area contributed by atoms with Crippen molar-refractivity contribution < 1.29 is 9.53 Å². The third kappa shape index (κ3) is 4.46. The zero-order valence-corrected chi connectivity index (χ0v) is 19.4. The number of rotatable bonds is 6. The lowest BCUT2D eigenvalue weighted by Crippen LogP contribution is -2.33. The molecule has 1 fully saturated rings. The Morgan fingerprint density at radius 2 is 2.03 bits per heavy atom. The average molecular weight is 461 g/mol. The summed E-state index contributed by atoms with van der Waals surface area (Å²) in [6, 6.07) is 5.03. The van der Waals surface area contributed by atoms with Gasteiger partial charge in [-0.1, -0.05) is 11.6 Å². The van der Waals surface area contributed by atoms with Crippen molar-refractivity contribution in [2.24, 2.45) is 0 Å². The van der Waals surface area contributed by atoms with Crippen LogP contribution in [-0.4, -0.2) is 40.6 Å². The number of halogens is 1. The largest absolute Gasteiger partial charge is 0.495 e. The summed E-state index contributed by atoms with van der Waals surface area (Å²) < 4.78 is 6.66. The zero-order valence-electron chi connectivity index (χ0n) is 17.8. The first-order valence-corrected chi connectivity index (χ1v) is 11.4. The van der Waals surface area contributed by atoms with E-state index in [1.54, 1.807) is 18.2 Å². The predicted octanol–water partition coefficient (Wildman–Crippen LogP) is 3.97. The molecular weight excluding hydrogens is 436 g/mol. The van der Waals surface area contributed by atoms with E-state index in [2.05, 4.69) is 10.2 Å². The molecule has 4 rings (SSSR count). The van der Waals surface area contributed by atoms with E-state index in [-0.39, 0.29) is 18.0 Å². The summed E-state index contributed by atoms with van der Waals surface area (Å²) in [6.07, 6.45) is 2.28. The average Bonchev–Trinajstić information content (AvgIpc) is 3.33. The molecule has 0 aliphatic carbocycles. The Balaban J connectivity index is 1.66. The number of benzene rings is 1. The first kappa shape index (κ1) is 21.8. The molecule has 0 atom stereocenters. The number of thiophene rings is 1. The van der Waals surface area contributed by atoms with Gasteiger partial charge in [0.1, 0.15) is 22.9 Å². The summed E-state index contributed by atoms with van der Waals surface area (Å²) in [5, 5.41) is 3.83. The molecule has 0 radical (unpaired) electrons. The van der Waals surface area contributed by atoms with Crippen molar-refractivity contribution in [3.05, 3.63) is 49.8 Å². The minimum absolute atomic E-state index is 0.108. The Hall–Kier alpha value is -2.42. The second-order valence-electron chi connectivity index (χ2n) is 7.76. The van der Waals surface area contributed by atoms with Crippen molar-refractivity contribution in [1.29, 1.82) is 0 Å². The van der Waals surface area contributed by atoms with Gasteiger partial charge in [0, 0.05) is 10.6 Å². The van der Waals surface area contributed by atoms with E-state index in [4.69, 9.17) is 21.3 Å². The molecule has 31 heavy (non-hydrogen) atoms. The SMILES string of the molecule is COc1ccc(NC(=O)Cn2c(CN3CCCC3)nc3sc(C)c(C)c3c2=O)cc1Cl. The summed E-state index contributed by atoms with van der Waals surface area (Å²) >= 11 is 7.69. The lowest BCUT2D eigenvalue weighted by Gasteiger charge is -2.18. The van der Waals surface area contributed by atoms with Crippen molar-refractivity contribution in [2.75, 3.05) is 25.5 Å². The Kier molecular flexibility index (Phi) is 6.31. The van der Waals surface area contributed by atoms with Crippen LogP contribution in [0.2, 0.25) is 5.02 Å². The number of nitrogens with one attached hydrogen (secondary N) is 1. The number of fused-ring (bicyclic) bond motifs is 1. The van der Waals surface area contributed by atoms with Crippen LogP contribution in [0.3, 0.4) is 0 Å². The normalized spacial score (nSPS) is 14.3. The quantitative estimate of drug-likeness (QED) is 0.602. The molecule has 3 aromatic rings. The molecule has 1 aliphatic rings. The third-order valence-corrected chi connectivity index (χ3v) is 7.07. The molecule has 1 aromatic carbocycles. The smallest absolute Gasteiger partial charge is 0.263 e. The van der Waals surface area contributed by atoms with Gasteiger partial charge < -0.3 is 10.1 Å². The number of carbonyl (C=O) groups is 1. The fourth-order valence-corrected chi connectivity index (χ4v) is 5.18. The van der Waals surface area contributed by atoms with E-state index >= 15 is 0 Å². The number of hydrogen-bond donors (Lipinski definition) is 1. The molecule has 1 saturated heterocycles. The van der Waals surface area contributed by atoms with Gasteiger partial charge in [-0.3, -0.25) is 19.1 Å². The first-order chi connectivity index (χ1) is 14.9. The number of aromatic nitrogens is 2. The molecule has 0 unspecified atom stereocenters. The van der Waals surface area contributed by atoms with Crippen molar-refractivity contribution in [3.8, 4) is 5.75 Å². The van der Waals surface area contributed by atoms with Crippen LogP contribution < -0.4 is 15.6 Å². The number of nitrogens with zero attached hydrogens (tertiary/aromatic N) is 3. The van der Waals surface area contributed by atoms with Crippen molar-refractivity contribution in [1.82, 2.24) is 14.5 Å². The topological polar surface area (TPSA) is 76.5 Å². The molecule has 1 amide bonds. The van der Waals surface area contributed by atoms with E-state index < -0.39 is 0 Å². The number of aryl methyl sites for hydroxylation is 2. The molecule has 9 heteroatoms. The molecule has 164 valence electrons. The Bertz CT molecular complexity index is 1200. The first-order valence-electron chi connectivity index (χ1n) is 10.2. The molecule has 1 aliphatic heterocycles. The van der Waals surface area contributed by atoms with Gasteiger partial charge in [-0.15, -0.1) is 11.3 Å². The van der Waals surface area contributed by atoms with Crippen LogP contribution in [0, 0.1) is 13.8 Å². The molecule has 2 aromatic heterocycles. The molecule has 0 saturated carbocycles. The molecule has 7 nitrogen and oxygen atoms in total. The summed E-state index contributed by atoms with van der Waals surface area (Å²) in [6.45, 7) is 6.33. The number of carbonyl (C=O) groups excluding carboxylic acids is 1. The number of amides is 1. The highest BCUT2D eigenvalue weighted by Gasteiger charge is 2.21. The Morgan fingerprint density at radius 3 is 2.71 bits per heavy atom. The van der Waals surface area contributed by atoms with Gasteiger partial charge in [0.25, 0.3) is 5.56 Å². The van der Waals surface area contributed by atoms with Crippen LogP contribution in [0.25, 0.3) is 10.2 Å². The lowest BCUT2D eigenvalue weighted by atomic mass is 10.2. The number of methoxy groups -OCH3 is 1. The summed E-state index contributed by atoms with van der Waals surface area (Å²) in [5.41, 5.74) is 1.31. The molecule has 3 heterocycles. The minimum Gasteiger partial charge on any atom is -0.495 e. The Labute approximate surface area is 189 Å². The van der Waals surface area contributed by atoms with Crippen molar-refractivity contribution in [3.63, 3.8) is 0 Å². The summed E-state index contributed by atoms with van der Waals surface area (Å²) in [7, 11) is 1.53. The molecule has 0 bridgehead atoms. The van der Waals surface area contributed by atoms with Crippen LogP contribution in [0.5, 0.6) is 5.75 Å². The minimum atomic E-state index is -0.309. The maximum Gasteiger partial charge on any atom is 0.263 e. The van der Waals surface area contributed by atoms with Crippen molar-refractivity contribution >= 4 is 44.7 Å². The standard InChI is InChI=1S/C22H25ClN4O3S/c1-13-14(2)31-21-20(13)22(29)27(18(25-21)11-26-8-4-5-9-26)12-19(28)24-15-6-7-17(30-3)16(23)10-15/h6-7,10H,4-5,8-9,11-12H2,1-3H3,(H,24,28). The van der Waals surface area contributed by atoms with Gasteiger partial charge in [-0.2, -0.15) is 0 Å². The highest BCUT2D eigenvalue weighted by molar-refractivity contribution is 7.18. The second kappa shape index (κ2) is 8.98. The van der Waals surface area contributed by atoms with Crippen LogP contribution in [0.4, 0.5) is 5.69 Å². The highest BCUT2D eigenvalue weighted by atomic mass is 35.5. The van der Waals surface area contributed by atoms with Crippen LogP contribution in [0.1, 0.15) is 29.1 Å². The van der Waals surface area contributed by atoms with Gasteiger partial charge in [0.2, 0.25) is 5.91 Å². The van der Waals surface area contributed by atoms with Crippen LogP contribution in [-0.2, 0) is 17.9 Å².